The van der Waals surface area contributed by atoms with Gasteiger partial charge in [-0.2, -0.15) is 9.52 Å². The van der Waals surface area contributed by atoms with Crippen LogP contribution in [0.25, 0.3) is 0 Å². The van der Waals surface area contributed by atoms with Crippen molar-refractivity contribution in [1.29, 1.82) is 0 Å². The molecule has 1 aliphatic heterocycles. The fourth-order valence-corrected chi connectivity index (χ4v) is 6.16. The summed E-state index contributed by atoms with van der Waals surface area (Å²) in [5.41, 5.74) is 2.77. The van der Waals surface area contributed by atoms with E-state index in [1.165, 1.54) is 11.3 Å². The van der Waals surface area contributed by atoms with Gasteiger partial charge in [-0.1, -0.05) is 35.9 Å². The Kier molecular flexibility index (Phi) is 5.63. The largest absolute Gasteiger partial charge is 0.280 e. The van der Waals surface area contributed by atoms with Crippen molar-refractivity contribution in [2.75, 3.05) is 11.0 Å². The van der Waals surface area contributed by atoms with Gasteiger partial charge in [0.25, 0.3) is 10.0 Å². The summed E-state index contributed by atoms with van der Waals surface area (Å²) in [7, 11) is -7.22. The quantitative estimate of drug-likeness (QED) is 0.584. The Morgan fingerprint density at radius 2 is 1.68 bits per heavy atom. The first-order valence-corrected chi connectivity index (χ1v) is 13.6. The molecule has 3 aromatic rings. The van der Waals surface area contributed by atoms with Crippen LogP contribution in [-0.2, 0) is 20.0 Å². The van der Waals surface area contributed by atoms with Gasteiger partial charge in [-0.25, -0.2) is 16.8 Å². The molecule has 1 unspecified atom stereocenters. The highest BCUT2D eigenvalue weighted by atomic mass is 32.2. The number of nitrogens with one attached hydrogen (secondary N) is 1. The summed E-state index contributed by atoms with van der Waals surface area (Å²) in [6, 6.07) is 16.8. The van der Waals surface area contributed by atoms with Crippen molar-refractivity contribution >= 4 is 42.8 Å². The molecule has 1 N–H and O–H groups in total. The molecular weight excluding hydrogens is 454 g/mol. The van der Waals surface area contributed by atoms with Gasteiger partial charge >= 0.3 is 0 Å². The maximum Gasteiger partial charge on any atom is 0.261 e. The van der Waals surface area contributed by atoms with Crippen molar-refractivity contribution in [3.05, 3.63) is 82.0 Å². The molecule has 10 heteroatoms. The number of anilines is 1. The van der Waals surface area contributed by atoms with Crippen LogP contribution in [0.5, 0.6) is 0 Å². The summed E-state index contributed by atoms with van der Waals surface area (Å²) in [5.74, 6) is 0. The molecule has 0 saturated heterocycles. The van der Waals surface area contributed by atoms with E-state index in [4.69, 9.17) is 0 Å². The minimum absolute atomic E-state index is 0.185. The van der Waals surface area contributed by atoms with E-state index in [0.29, 0.717) is 17.8 Å². The molecule has 0 bridgehead atoms. The second-order valence-corrected chi connectivity index (χ2v) is 11.8. The van der Waals surface area contributed by atoms with Gasteiger partial charge in [-0.05, 0) is 48.2 Å². The van der Waals surface area contributed by atoms with Gasteiger partial charge in [0.2, 0.25) is 10.0 Å². The van der Waals surface area contributed by atoms with E-state index in [0.717, 1.165) is 26.7 Å². The van der Waals surface area contributed by atoms with Crippen LogP contribution in [0.3, 0.4) is 0 Å². The van der Waals surface area contributed by atoms with E-state index in [9.17, 15) is 16.8 Å². The van der Waals surface area contributed by atoms with Gasteiger partial charge in [0.05, 0.1) is 16.9 Å². The smallest absolute Gasteiger partial charge is 0.261 e. The molecule has 0 spiro atoms. The van der Waals surface area contributed by atoms with Crippen LogP contribution in [0.4, 0.5) is 5.69 Å². The van der Waals surface area contributed by atoms with Crippen molar-refractivity contribution in [3.8, 4) is 0 Å². The first-order chi connectivity index (χ1) is 14.6. The van der Waals surface area contributed by atoms with E-state index in [1.54, 1.807) is 48.5 Å². The highest BCUT2D eigenvalue weighted by molar-refractivity contribution is 7.92. The van der Waals surface area contributed by atoms with Crippen molar-refractivity contribution in [3.63, 3.8) is 0 Å². The van der Waals surface area contributed by atoms with Gasteiger partial charge in [-0.15, -0.1) is 11.3 Å². The molecule has 0 aliphatic carbocycles. The molecule has 2 heterocycles. The standard InChI is InChI=1S/C21H21N3O4S3/c1-15-5-11-18(12-6-15)31(27,28)23-17-9-7-16(8-10-17)19-14-20(21-4-3-13-29-21)24(22-19)30(2,25)26/h3-13,20,23H,14H2,1-2H3. The zero-order valence-corrected chi connectivity index (χ0v) is 19.3. The Hall–Kier alpha value is -2.69. The number of nitrogens with zero attached hydrogens (tertiary/aromatic N) is 2. The molecule has 31 heavy (non-hydrogen) atoms. The lowest BCUT2D eigenvalue weighted by Crippen LogP contribution is -2.25. The molecule has 0 saturated carbocycles. The summed E-state index contributed by atoms with van der Waals surface area (Å²) in [4.78, 5) is 1.11. The third kappa shape index (κ3) is 4.65. The summed E-state index contributed by atoms with van der Waals surface area (Å²) >= 11 is 1.49. The molecule has 162 valence electrons. The number of hydrazone groups is 1. The lowest BCUT2D eigenvalue weighted by Gasteiger charge is -2.19. The third-order valence-corrected chi connectivity index (χ3v) is 8.27. The first kappa shape index (κ1) is 21.5. The zero-order valence-electron chi connectivity index (χ0n) is 16.9. The molecule has 0 amide bonds. The fourth-order valence-electron chi connectivity index (χ4n) is 3.32. The van der Waals surface area contributed by atoms with Crippen molar-refractivity contribution in [2.24, 2.45) is 5.10 Å². The molecule has 2 aromatic carbocycles. The second-order valence-electron chi connectivity index (χ2n) is 7.31. The highest BCUT2D eigenvalue weighted by Gasteiger charge is 2.35. The Morgan fingerprint density at radius 1 is 1.00 bits per heavy atom. The summed E-state index contributed by atoms with van der Waals surface area (Å²) in [6.45, 7) is 1.89. The Labute approximate surface area is 186 Å². The number of thiophene rings is 1. The fraction of sp³-hybridized carbons (Fsp3) is 0.190. The van der Waals surface area contributed by atoms with Gasteiger partial charge < -0.3 is 0 Å². The maximum absolute atomic E-state index is 12.6. The molecule has 1 aliphatic rings. The summed E-state index contributed by atoms with van der Waals surface area (Å²) in [5, 5.41) is 6.26. The zero-order chi connectivity index (χ0) is 22.2. The second kappa shape index (κ2) is 8.10. The van der Waals surface area contributed by atoms with Crippen LogP contribution >= 0.6 is 11.3 Å². The van der Waals surface area contributed by atoms with Crippen molar-refractivity contribution < 1.29 is 16.8 Å². The lowest BCUT2D eigenvalue weighted by atomic mass is 10.0. The molecule has 1 aromatic heterocycles. The number of aryl methyl sites for hydroxylation is 1. The van der Waals surface area contributed by atoms with Crippen LogP contribution < -0.4 is 4.72 Å². The normalized spacial score (nSPS) is 16.9. The molecule has 0 radical (unpaired) electrons. The van der Waals surface area contributed by atoms with Crippen molar-refractivity contribution in [2.45, 2.75) is 24.3 Å². The van der Waals surface area contributed by atoms with Crippen LogP contribution in [0.15, 0.2) is 76.0 Å². The Morgan fingerprint density at radius 3 is 2.26 bits per heavy atom. The molecule has 7 nitrogen and oxygen atoms in total. The van der Waals surface area contributed by atoms with E-state index < -0.39 is 20.0 Å². The summed E-state index contributed by atoms with van der Waals surface area (Å²) < 4.78 is 53.3. The van der Waals surface area contributed by atoms with Crippen LogP contribution in [0, 0.1) is 6.92 Å². The minimum Gasteiger partial charge on any atom is -0.280 e. The van der Waals surface area contributed by atoms with Crippen LogP contribution in [0.2, 0.25) is 0 Å². The number of hydrogen-bond acceptors (Lipinski definition) is 6. The van der Waals surface area contributed by atoms with E-state index in [-0.39, 0.29) is 10.9 Å². The number of benzene rings is 2. The highest BCUT2D eigenvalue weighted by Crippen LogP contribution is 2.36. The molecule has 4 rings (SSSR count). The SMILES string of the molecule is Cc1ccc(S(=O)(=O)Nc2ccc(C3=NN(S(C)(=O)=O)C(c4cccs4)C3)cc2)cc1. The predicted octanol–water partition coefficient (Wildman–Crippen LogP) is 3.97. The topological polar surface area (TPSA) is 95.9 Å². The van der Waals surface area contributed by atoms with Crippen molar-refractivity contribution in [1.82, 2.24) is 4.41 Å². The Bertz CT molecular complexity index is 1310. The average molecular weight is 476 g/mol. The first-order valence-electron chi connectivity index (χ1n) is 9.44. The van der Waals surface area contributed by atoms with Gasteiger partial charge in [0.1, 0.15) is 6.04 Å². The number of sulfonamides is 2. The van der Waals surface area contributed by atoms with Gasteiger partial charge in [-0.3, -0.25) is 4.72 Å². The summed E-state index contributed by atoms with van der Waals surface area (Å²) in [6.07, 6.45) is 1.59. The Balaban J connectivity index is 1.56. The third-order valence-electron chi connectivity index (χ3n) is 4.89. The van der Waals surface area contributed by atoms with Crippen LogP contribution in [-0.4, -0.2) is 33.2 Å². The van der Waals surface area contributed by atoms with Gasteiger partial charge in [0, 0.05) is 17.0 Å². The average Bonchev–Trinajstić information content (AvgIpc) is 3.38. The van der Waals surface area contributed by atoms with E-state index in [2.05, 4.69) is 9.82 Å². The van der Waals surface area contributed by atoms with Crippen LogP contribution in [0.1, 0.15) is 28.5 Å². The lowest BCUT2D eigenvalue weighted by molar-refractivity contribution is 0.379. The van der Waals surface area contributed by atoms with Gasteiger partial charge in [0.15, 0.2) is 0 Å². The monoisotopic (exact) mass is 475 g/mol. The number of rotatable bonds is 6. The number of hydrogen-bond donors (Lipinski definition) is 1. The predicted molar refractivity (Wildman–Crippen MR) is 123 cm³/mol. The van der Waals surface area contributed by atoms with E-state index >= 15 is 0 Å². The molecule has 1 atom stereocenters. The minimum atomic E-state index is -3.69. The maximum atomic E-state index is 12.6. The molecule has 0 fully saturated rings. The molecular formula is C21H21N3O4S3. The van der Waals surface area contributed by atoms with E-state index in [1.807, 2.05) is 24.4 Å².